The Morgan fingerprint density at radius 1 is 0.963 bits per heavy atom. The number of hydrogen-bond donors (Lipinski definition) is 2. The van der Waals surface area contributed by atoms with E-state index < -0.39 is 17.6 Å². The highest BCUT2D eigenvalue weighted by Gasteiger charge is 2.29. The molecule has 0 saturated heterocycles. The fourth-order valence-electron chi connectivity index (χ4n) is 2.16. The van der Waals surface area contributed by atoms with Crippen LogP contribution in [0.5, 0.6) is 0 Å². The lowest BCUT2D eigenvalue weighted by Gasteiger charge is -2.09. The molecule has 0 aliphatic heterocycles. The van der Waals surface area contributed by atoms with Crippen LogP contribution in [0.15, 0.2) is 60.9 Å². The van der Waals surface area contributed by atoms with Crippen LogP contribution in [0.25, 0.3) is 0 Å². The van der Waals surface area contributed by atoms with Crippen LogP contribution in [0.2, 0.25) is 5.02 Å². The van der Waals surface area contributed by atoms with Crippen molar-refractivity contribution in [1.82, 2.24) is 9.97 Å². The van der Waals surface area contributed by atoms with Crippen molar-refractivity contribution < 1.29 is 18.0 Å². The first-order chi connectivity index (χ1) is 12.8. The number of aromatic nitrogens is 2. The molecular weight excluding hydrogens is 381 g/mol. The lowest BCUT2D eigenvalue weighted by molar-refractivity contribution is -0.137. The number of carbonyl (C=O) groups excluding carboxylic acids is 1. The molecule has 2 N–H and O–H groups in total. The van der Waals surface area contributed by atoms with Crippen LogP contribution in [0.3, 0.4) is 0 Å². The van der Waals surface area contributed by atoms with Gasteiger partial charge in [-0.3, -0.25) is 4.79 Å². The molecule has 0 fully saturated rings. The zero-order valence-corrected chi connectivity index (χ0v) is 14.3. The predicted molar refractivity (Wildman–Crippen MR) is 96.2 cm³/mol. The summed E-state index contributed by atoms with van der Waals surface area (Å²) in [6, 6.07) is 11.1. The van der Waals surface area contributed by atoms with Crippen molar-refractivity contribution in [2.75, 3.05) is 10.6 Å². The molecule has 0 unspecified atom stereocenters. The lowest BCUT2D eigenvalue weighted by Crippen LogP contribution is -2.14. The molecule has 0 saturated carbocycles. The van der Waals surface area contributed by atoms with Crippen LogP contribution >= 0.6 is 11.6 Å². The van der Waals surface area contributed by atoms with E-state index in [0.717, 1.165) is 12.1 Å². The Labute approximate surface area is 157 Å². The van der Waals surface area contributed by atoms with Gasteiger partial charge in [0.1, 0.15) is 11.5 Å². The second kappa shape index (κ2) is 7.63. The quantitative estimate of drug-likeness (QED) is 0.644. The fraction of sp³-hybridized carbons (Fsp3) is 0.0556. The van der Waals surface area contributed by atoms with Gasteiger partial charge in [-0.1, -0.05) is 17.7 Å². The molecule has 1 heterocycles. The summed E-state index contributed by atoms with van der Waals surface area (Å²) in [6.07, 6.45) is -1.83. The summed E-state index contributed by atoms with van der Waals surface area (Å²) in [4.78, 5) is 20.2. The average molecular weight is 393 g/mol. The fourth-order valence-corrected chi connectivity index (χ4v) is 2.35. The number of benzene rings is 2. The predicted octanol–water partition coefficient (Wildman–Crippen LogP) is 5.14. The highest BCUT2D eigenvalue weighted by Crippen LogP contribution is 2.30. The van der Waals surface area contributed by atoms with E-state index >= 15 is 0 Å². The second-order valence-corrected chi connectivity index (χ2v) is 5.89. The summed E-state index contributed by atoms with van der Waals surface area (Å²) >= 11 is 5.86. The monoisotopic (exact) mass is 392 g/mol. The van der Waals surface area contributed by atoms with Crippen LogP contribution < -0.4 is 10.6 Å². The summed E-state index contributed by atoms with van der Waals surface area (Å²) < 4.78 is 37.7. The Hall–Kier alpha value is -3.13. The van der Waals surface area contributed by atoms with Gasteiger partial charge in [0.05, 0.1) is 18.0 Å². The molecule has 138 valence electrons. The number of anilines is 3. The van der Waals surface area contributed by atoms with Crippen molar-refractivity contribution >= 4 is 34.7 Å². The summed E-state index contributed by atoms with van der Waals surface area (Å²) in [5, 5.41) is 5.93. The standard InChI is InChI=1S/C18H12ClF3N4O/c19-12-2-1-3-14(8-12)26-17(27)15-9-24-16(10-23-15)25-13-6-4-11(5-7-13)18(20,21)22/h1-10H,(H,24,25)(H,26,27). The minimum absolute atomic E-state index is 0.0768. The number of nitrogens with zero attached hydrogens (tertiary/aromatic N) is 2. The Kier molecular flexibility index (Phi) is 5.27. The Morgan fingerprint density at radius 2 is 1.70 bits per heavy atom. The molecule has 3 aromatic rings. The van der Waals surface area contributed by atoms with E-state index in [4.69, 9.17) is 11.6 Å². The molecule has 5 nitrogen and oxygen atoms in total. The van der Waals surface area contributed by atoms with Gasteiger partial charge < -0.3 is 10.6 Å². The number of alkyl halides is 3. The zero-order chi connectivity index (χ0) is 19.4. The van der Waals surface area contributed by atoms with E-state index in [1.165, 1.54) is 24.5 Å². The largest absolute Gasteiger partial charge is 0.416 e. The van der Waals surface area contributed by atoms with Crippen LogP contribution in [-0.4, -0.2) is 15.9 Å². The van der Waals surface area contributed by atoms with E-state index in [2.05, 4.69) is 20.6 Å². The minimum atomic E-state index is -4.39. The molecule has 27 heavy (non-hydrogen) atoms. The molecule has 0 aliphatic rings. The maximum absolute atomic E-state index is 12.6. The summed E-state index contributed by atoms with van der Waals surface area (Å²) in [6.45, 7) is 0. The first-order valence-corrected chi connectivity index (χ1v) is 8.02. The van der Waals surface area contributed by atoms with Gasteiger partial charge in [-0.05, 0) is 42.5 Å². The summed E-state index contributed by atoms with van der Waals surface area (Å²) in [7, 11) is 0. The van der Waals surface area contributed by atoms with Crippen molar-refractivity contribution in [2.24, 2.45) is 0 Å². The number of amides is 1. The topological polar surface area (TPSA) is 66.9 Å². The zero-order valence-electron chi connectivity index (χ0n) is 13.6. The van der Waals surface area contributed by atoms with E-state index in [-0.39, 0.29) is 11.5 Å². The lowest BCUT2D eigenvalue weighted by atomic mass is 10.2. The number of carbonyl (C=O) groups is 1. The van der Waals surface area contributed by atoms with Gasteiger partial charge in [0.15, 0.2) is 0 Å². The van der Waals surface area contributed by atoms with E-state index in [1.54, 1.807) is 24.3 Å². The van der Waals surface area contributed by atoms with Crippen LogP contribution in [-0.2, 0) is 6.18 Å². The maximum Gasteiger partial charge on any atom is 0.416 e. The summed E-state index contributed by atoms with van der Waals surface area (Å²) in [5.74, 6) is -0.181. The van der Waals surface area contributed by atoms with Gasteiger partial charge in [0.2, 0.25) is 0 Å². The minimum Gasteiger partial charge on any atom is -0.339 e. The highest BCUT2D eigenvalue weighted by atomic mass is 35.5. The van der Waals surface area contributed by atoms with Gasteiger partial charge >= 0.3 is 6.18 Å². The molecule has 0 atom stereocenters. The van der Waals surface area contributed by atoms with Gasteiger partial charge in [-0.25, -0.2) is 9.97 Å². The Morgan fingerprint density at radius 3 is 2.30 bits per heavy atom. The van der Waals surface area contributed by atoms with Crippen molar-refractivity contribution in [2.45, 2.75) is 6.18 Å². The van der Waals surface area contributed by atoms with Crippen LogP contribution in [0.1, 0.15) is 16.1 Å². The number of halogens is 4. The van der Waals surface area contributed by atoms with Crippen LogP contribution in [0.4, 0.5) is 30.4 Å². The van der Waals surface area contributed by atoms with Gasteiger partial charge in [-0.15, -0.1) is 0 Å². The third-order valence-electron chi connectivity index (χ3n) is 3.45. The smallest absolute Gasteiger partial charge is 0.339 e. The molecule has 0 radical (unpaired) electrons. The van der Waals surface area contributed by atoms with Crippen molar-refractivity contribution in [3.63, 3.8) is 0 Å². The van der Waals surface area contributed by atoms with E-state index in [9.17, 15) is 18.0 Å². The Balaban J connectivity index is 1.65. The summed E-state index contributed by atoms with van der Waals surface area (Å²) in [5.41, 5.74) is 0.259. The molecule has 9 heteroatoms. The SMILES string of the molecule is O=C(Nc1cccc(Cl)c1)c1cnc(Nc2ccc(C(F)(F)F)cc2)cn1. The van der Waals surface area contributed by atoms with Crippen molar-refractivity contribution in [3.8, 4) is 0 Å². The van der Waals surface area contributed by atoms with E-state index in [1.807, 2.05) is 0 Å². The average Bonchev–Trinajstić information content (AvgIpc) is 2.62. The molecule has 1 aromatic heterocycles. The van der Waals surface area contributed by atoms with Gasteiger partial charge in [-0.2, -0.15) is 13.2 Å². The first kappa shape index (κ1) is 18.7. The van der Waals surface area contributed by atoms with Gasteiger partial charge in [0.25, 0.3) is 5.91 Å². The molecule has 0 bridgehead atoms. The van der Waals surface area contributed by atoms with E-state index in [0.29, 0.717) is 16.4 Å². The van der Waals surface area contributed by atoms with Crippen molar-refractivity contribution in [1.29, 1.82) is 0 Å². The highest BCUT2D eigenvalue weighted by molar-refractivity contribution is 6.30. The molecule has 0 aliphatic carbocycles. The first-order valence-electron chi connectivity index (χ1n) is 7.64. The third-order valence-corrected chi connectivity index (χ3v) is 3.69. The molecular formula is C18H12ClF3N4O. The molecule has 3 rings (SSSR count). The number of rotatable bonds is 4. The second-order valence-electron chi connectivity index (χ2n) is 5.45. The molecule has 1 amide bonds. The number of nitrogens with one attached hydrogen (secondary N) is 2. The van der Waals surface area contributed by atoms with Crippen LogP contribution in [0, 0.1) is 0 Å². The Bertz CT molecular complexity index is 944. The maximum atomic E-state index is 12.6. The third kappa shape index (κ3) is 4.95. The van der Waals surface area contributed by atoms with Gasteiger partial charge in [0, 0.05) is 16.4 Å². The molecule has 0 spiro atoms. The molecule has 2 aromatic carbocycles. The number of hydrogen-bond acceptors (Lipinski definition) is 4. The normalized spacial score (nSPS) is 11.1. The van der Waals surface area contributed by atoms with Crippen molar-refractivity contribution in [3.05, 3.63) is 77.2 Å².